The molecule has 8 N–H and O–H groups in total. The molecule has 6 rings (SSSR count). The van der Waals surface area contributed by atoms with Crippen LogP contribution >= 0.6 is 0 Å². The van der Waals surface area contributed by atoms with E-state index in [1.807, 2.05) is 0 Å². The zero-order valence-corrected chi connectivity index (χ0v) is 28.8. The van der Waals surface area contributed by atoms with Gasteiger partial charge in [-0.3, -0.25) is 4.79 Å². The van der Waals surface area contributed by atoms with E-state index in [9.17, 15) is 45.6 Å². The van der Waals surface area contributed by atoms with Crippen molar-refractivity contribution in [2.45, 2.75) is 142 Å². The number of ether oxygens (including phenoxy) is 2. The molecule has 268 valence electrons. The maximum Gasteiger partial charge on any atom is 0.315 e. The lowest BCUT2D eigenvalue weighted by atomic mass is 9.33. The Balaban J connectivity index is 1.38. The molecule has 5 aliphatic carbocycles. The minimum Gasteiger partial charge on any atom is -0.432 e. The Morgan fingerprint density at radius 1 is 0.851 bits per heavy atom. The molecule has 0 bridgehead atoms. The number of aliphatic hydroxyl groups is 8. The van der Waals surface area contributed by atoms with E-state index in [-0.39, 0.29) is 23.9 Å². The average molecular weight is 667 g/mol. The Hall–Kier alpha value is -1.15. The van der Waals surface area contributed by atoms with Crippen molar-refractivity contribution in [2.75, 3.05) is 13.2 Å². The van der Waals surface area contributed by atoms with Crippen LogP contribution in [0.4, 0.5) is 0 Å². The molecule has 0 aromatic heterocycles. The molecule has 0 aromatic carbocycles. The number of allylic oxidation sites excluding steroid dienone is 2. The molecule has 0 amide bonds. The SMILES string of the molecule is CC1(C)CC[C@]2(C(=O)O[C@@H]3O[C@H](CO)[C@@H](O)[C@H](O)[C@H]3O)CC[C@]3(C)C(=CC[C@@H]4[C@@]5(C)C[C@@H](O)[C@H](O)[C@@](C)(CO)[C@@H]5[C@H](O)C[C@]43C)[C@@H]2C1. The Morgan fingerprint density at radius 2 is 1.51 bits per heavy atom. The van der Waals surface area contributed by atoms with Gasteiger partial charge in [-0.05, 0) is 84.9 Å². The number of hydrogen-bond acceptors (Lipinski definition) is 11. The Labute approximate surface area is 278 Å². The number of fused-ring (bicyclic) bond motifs is 7. The van der Waals surface area contributed by atoms with Gasteiger partial charge in [-0.1, -0.05) is 53.2 Å². The van der Waals surface area contributed by atoms with Gasteiger partial charge in [0.1, 0.15) is 24.4 Å². The zero-order chi connectivity index (χ0) is 34.7. The van der Waals surface area contributed by atoms with Crippen molar-refractivity contribution in [1.82, 2.24) is 0 Å². The van der Waals surface area contributed by atoms with E-state index in [1.165, 1.54) is 5.57 Å². The van der Waals surface area contributed by atoms with Crippen LogP contribution in [-0.2, 0) is 14.3 Å². The number of esters is 1. The van der Waals surface area contributed by atoms with Gasteiger partial charge in [-0.2, -0.15) is 0 Å². The van der Waals surface area contributed by atoms with Gasteiger partial charge in [0, 0.05) is 11.3 Å². The van der Waals surface area contributed by atoms with E-state index in [4.69, 9.17) is 9.47 Å². The molecule has 1 saturated heterocycles. The fourth-order valence-electron chi connectivity index (χ4n) is 12.3. The second-order valence-electron chi connectivity index (χ2n) is 18.0. The standard InChI is InChI=1S/C36H58O11/c1-31(2)9-11-36(30(45)47-29-26(43)25(42)24(41)22(16-37)46-29)12-10-34(5)18(19(36)13-31)7-8-23-32(3)14-21(40)28(44)33(4,17-38)27(32)20(39)15-35(23,34)6/h7,19-29,37-44H,8-17H2,1-6H3/t19-,20+,21+,22+,23+,24+,25-,26+,27+,28-,29-,32+,33-,34+,35+,36-/m0/s1. The van der Waals surface area contributed by atoms with E-state index >= 15 is 0 Å². The smallest absolute Gasteiger partial charge is 0.315 e. The summed E-state index contributed by atoms with van der Waals surface area (Å²) in [7, 11) is 0. The van der Waals surface area contributed by atoms with E-state index < -0.39 is 94.6 Å². The van der Waals surface area contributed by atoms with Crippen LogP contribution in [0.2, 0.25) is 0 Å². The summed E-state index contributed by atoms with van der Waals surface area (Å²) < 4.78 is 11.5. The van der Waals surface area contributed by atoms with Gasteiger partial charge in [-0.15, -0.1) is 0 Å². The van der Waals surface area contributed by atoms with Crippen molar-refractivity contribution >= 4 is 5.97 Å². The first-order chi connectivity index (χ1) is 21.8. The van der Waals surface area contributed by atoms with Gasteiger partial charge in [-0.25, -0.2) is 0 Å². The number of aliphatic hydroxyl groups excluding tert-OH is 8. The first-order valence-corrected chi connectivity index (χ1v) is 17.6. The molecule has 6 aliphatic rings. The largest absolute Gasteiger partial charge is 0.432 e. The van der Waals surface area contributed by atoms with Crippen LogP contribution in [0, 0.1) is 50.2 Å². The topological polar surface area (TPSA) is 197 Å². The van der Waals surface area contributed by atoms with Crippen LogP contribution in [-0.4, -0.2) is 109 Å². The lowest BCUT2D eigenvalue weighted by Gasteiger charge is -2.72. The van der Waals surface area contributed by atoms with Crippen LogP contribution in [0.1, 0.15) is 92.9 Å². The molecule has 1 aliphatic heterocycles. The van der Waals surface area contributed by atoms with Crippen LogP contribution in [0.25, 0.3) is 0 Å². The number of carbonyl (C=O) groups excluding carboxylic acids is 1. The highest BCUT2D eigenvalue weighted by Gasteiger charge is 2.72. The van der Waals surface area contributed by atoms with Crippen molar-refractivity contribution in [3.05, 3.63) is 11.6 Å². The van der Waals surface area contributed by atoms with Gasteiger partial charge < -0.3 is 50.3 Å². The molecule has 4 saturated carbocycles. The fourth-order valence-corrected chi connectivity index (χ4v) is 12.3. The van der Waals surface area contributed by atoms with Gasteiger partial charge in [0.2, 0.25) is 6.29 Å². The molecule has 16 atom stereocenters. The quantitative estimate of drug-likeness (QED) is 0.160. The summed E-state index contributed by atoms with van der Waals surface area (Å²) in [4.78, 5) is 14.4. The number of hydrogen-bond donors (Lipinski definition) is 8. The van der Waals surface area contributed by atoms with Gasteiger partial charge in [0.15, 0.2) is 0 Å². The van der Waals surface area contributed by atoms with Gasteiger partial charge in [0.05, 0.1) is 36.9 Å². The lowest BCUT2D eigenvalue weighted by Crippen LogP contribution is -2.71. The molecular weight excluding hydrogens is 608 g/mol. The van der Waals surface area contributed by atoms with Crippen LogP contribution in [0.5, 0.6) is 0 Å². The summed E-state index contributed by atoms with van der Waals surface area (Å²) in [6.07, 6.45) is -3.65. The third-order valence-electron chi connectivity index (χ3n) is 15.1. The predicted octanol–water partition coefficient (Wildman–Crippen LogP) is 1.41. The summed E-state index contributed by atoms with van der Waals surface area (Å²) in [5.74, 6) is -1.09. The summed E-state index contributed by atoms with van der Waals surface area (Å²) in [6, 6.07) is 0. The number of carbonyl (C=O) groups is 1. The molecule has 5 fully saturated rings. The van der Waals surface area contributed by atoms with Crippen molar-refractivity contribution in [1.29, 1.82) is 0 Å². The molecule has 11 nitrogen and oxygen atoms in total. The monoisotopic (exact) mass is 666 g/mol. The van der Waals surface area contributed by atoms with E-state index in [0.717, 1.165) is 12.8 Å². The third-order valence-corrected chi connectivity index (χ3v) is 15.1. The van der Waals surface area contributed by atoms with Crippen molar-refractivity contribution in [3.63, 3.8) is 0 Å². The van der Waals surface area contributed by atoms with Crippen molar-refractivity contribution < 1.29 is 55.1 Å². The Kier molecular flexibility index (Phi) is 8.68. The summed E-state index contributed by atoms with van der Waals surface area (Å²) in [6.45, 7) is 11.8. The molecule has 1 heterocycles. The van der Waals surface area contributed by atoms with E-state index in [0.29, 0.717) is 38.5 Å². The molecule has 0 radical (unpaired) electrons. The van der Waals surface area contributed by atoms with Crippen LogP contribution < -0.4 is 0 Å². The first-order valence-electron chi connectivity index (χ1n) is 17.6. The highest BCUT2D eigenvalue weighted by Crippen LogP contribution is 2.75. The predicted molar refractivity (Wildman–Crippen MR) is 169 cm³/mol. The minimum absolute atomic E-state index is 0.0374. The van der Waals surface area contributed by atoms with Crippen molar-refractivity contribution in [2.24, 2.45) is 50.2 Å². The second kappa shape index (κ2) is 11.4. The fraction of sp³-hybridized carbons (Fsp3) is 0.917. The number of rotatable bonds is 4. The molecule has 0 spiro atoms. The third kappa shape index (κ3) is 4.81. The lowest BCUT2D eigenvalue weighted by molar-refractivity contribution is -0.298. The molecule has 0 aromatic rings. The first kappa shape index (κ1) is 35.7. The molecular formula is C36H58O11. The summed E-state index contributed by atoms with van der Waals surface area (Å²) in [5.41, 5.74) is -2.27. The second-order valence-corrected chi connectivity index (χ2v) is 18.0. The zero-order valence-electron chi connectivity index (χ0n) is 28.8. The highest BCUT2D eigenvalue weighted by molar-refractivity contribution is 5.79. The highest BCUT2D eigenvalue weighted by atomic mass is 16.7. The van der Waals surface area contributed by atoms with Crippen LogP contribution in [0.3, 0.4) is 0 Å². The van der Waals surface area contributed by atoms with Gasteiger partial charge >= 0.3 is 5.97 Å². The average Bonchev–Trinajstić information content (AvgIpc) is 3.00. The minimum atomic E-state index is -1.68. The summed E-state index contributed by atoms with van der Waals surface area (Å²) in [5, 5.41) is 85.8. The maximum atomic E-state index is 14.4. The van der Waals surface area contributed by atoms with E-state index in [2.05, 4.69) is 40.7 Å². The normalized spacial score (nSPS) is 55.4. The van der Waals surface area contributed by atoms with E-state index in [1.54, 1.807) is 6.92 Å². The summed E-state index contributed by atoms with van der Waals surface area (Å²) >= 11 is 0. The molecule has 11 heteroatoms. The van der Waals surface area contributed by atoms with Crippen molar-refractivity contribution in [3.8, 4) is 0 Å². The van der Waals surface area contributed by atoms with Crippen LogP contribution in [0.15, 0.2) is 11.6 Å². The molecule has 0 unspecified atom stereocenters. The maximum absolute atomic E-state index is 14.4. The Bertz CT molecular complexity index is 1270. The molecule has 47 heavy (non-hydrogen) atoms. The van der Waals surface area contributed by atoms with Gasteiger partial charge in [0.25, 0.3) is 0 Å². The Morgan fingerprint density at radius 3 is 2.15 bits per heavy atom.